The van der Waals surface area contributed by atoms with Gasteiger partial charge in [-0.2, -0.15) is 4.98 Å². The van der Waals surface area contributed by atoms with Crippen molar-refractivity contribution in [2.45, 2.75) is 20.0 Å². The summed E-state index contributed by atoms with van der Waals surface area (Å²) in [5.74, 6) is 0.563. The molecule has 20 heavy (non-hydrogen) atoms. The number of aliphatic hydroxyl groups excluding tert-OH is 1. The standard InChI is InChI=1S/C14H17N3O3/c1-8-5-6-10(9(2)16-8)13(18)12-14(20-4)17-11(19-3)7-15-12/h5-7,13,18H,1-4H3. The molecule has 0 saturated carbocycles. The van der Waals surface area contributed by atoms with Crippen molar-refractivity contribution < 1.29 is 14.6 Å². The van der Waals surface area contributed by atoms with Crippen molar-refractivity contribution in [2.24, 2.45) is 0 Å². The molecule has 106 valence electrons. The number of pyridine rings is 1. The summed E-state index contributed by atoms with van der Waals surface area (Å²) in [6, 6.07) is 3.67. The van der Waals surface area contributed by atoms with Crippen LogP contribution >= 0.6 is 0 Å². The van der Waals surface area contributed by atoms with Crippen molar-refractivity contribution in [1.82, 2.24) is 15.0 Å². The van der Waals surface area contributed by atoms with Crippen LogP contribution in [0.1, 0.15) is 28.7 Å². The molecule has 2 heterocycles. The first-order chi connectivity index (χ1) is 9.56. The zero-order chi connectivity index (χ0) is 14.7. The fourth-order valence-electron chi connectivity index (χ4n) is 1.94. The monoisotopic (exact) mass is 275 g/mol. The summed E-state index contributed by atoms with van der Waals surface area (Å²) >= 11 is 0. The van der Waals surface area contributed by atoms with E-state index in [0.717, 1.165) is 11.4 Å². The maximum Gasteiger partial charge on any atom is 0.241 e. The quantitative estimate of drug-likeness (QED) is 0.913. The predicted molar refractivity (Wildman–Crippen MR) is 72.9 cm³/mol. The number of aliphatic hydroxyl groups is 1. The van der Waals surface area contributed by atoms with Gasteiger partial charge in [0, 0.05) is 17.0 Å². The third-order valence-corrected chi connectivity index (χ3v) is 2.97. The summed E-state index contributed by atoms with van der Waals surface area (Å²) in [5, 5.41) is 10.5. The number of methoxy groups -OCH3 is 2. The van der Waals surface area contributed by atoms with Crippen LogP contribution in [-0.2, 0) is 0 Å². The molecule has 1 N–H and O–H groups in total. The molecule has 0 spiro atoms. The molecule has 2 aromatic rings. The lowest BCUT2D eigenvalue weighted by Gasteiger charge is -2.15. The highest BCUT2D eigenvalue weighted by Crippen LogP contribution is 2.29. The van der Waals surface area contributed by atoms with E-state index in [0.29, 0.717) is 17.1 Å². The van der Waals surface area contributed by atoms with Crippen molar-refractivity contribution in [3.05, 3.63) is 41.0 Å². The van der Waals surface area contributed by atoms with Crippen molar-refractivity contribution in [3.63, 3.8) is 0 Å². The van der Waals surface area contributed by atoms with Crippen LogP contribution in [0.5, 0.6) is 11.8 Å². The molecular weight excluding hydrogens is 258 g/mol. The van der Waals surface area contributed by atoms with E-state index in [1.807, 2.05) is 26.0 Å². The van der Waals surface area contributed by atoms with Crippen LogP contribution in [0.4, 0.5) is 0 Å². The van der Waals surface area contributed by atoms with E-state index in [4.69, 9.17) is 9.47 Å². The van der Waals surface area contributed by atoms with E-state index in [9.17, 15) is 5.11 Å². The molecule has 0 aliphatic carbocycles. The van der Waals surface area contributed by atoms with Gasteiger partial charge in [-0.25, -0.2) is 4.98 Å². The van der Waals surface area contributed by atoms with Crippen molar-refractivity contribution in [1.29, 1.82) is 0 Å². The maximum atomic E-state index is 10.5. The Morgan fingerprint density at radius 2 is 1.85 bits per heavy atom. The number of rotatable bonds is 4. The zero-order valence-electron chi connectivity index (χ0n) is 11.9. The second-order valence-electron chi connectivity index (χ2n) is 4.34. The summed E-state index contributed by atoms with van der Waals surface area (Å²) < 4.78 is 10.1. The molecule has 1 atom stereocenters. The Labute approximate surface area is 117 Å². The second-order valence-corrected chi connectivity index (χ2v) is 4.34. The molecule has 0 aliphatic heterocycles. The SMILES string of the molecule is COc1cnc(C(O)c2ccc(C)nc2C)c(OC)n1. The van der Waals surface area contributed by atoms with Crippen molar-refractivity contribution in [3.8, 4) is 11.8 Å². The third-order valence-electron chi connectivity index (χ3n) is 2.97. The topological polar surface area (TPSA) is 77.4 Å². The van der Waals surface area contributed by atoms with Gasteiger partial charge in [0.05, 0.1) is 20.4 Å². The van der Waals surface area contributed by atoms with Gasteiger partial charge >= 0.3 is 0 Å². The molecule has 0 saturated heterocycles. The molecule has 0 fully saturated rings. The fraction of sp³-hybridized carbons (Fsp3) is 0.357. The third kappa shape index (κ3) is 2.70. The summed E-state index contributed by atoms with van der Waals surface area (Å²) in [4.78, 5) is 12.6. The molecule has 0 aliphatic rings. The zero-order valence-corrected chi connectivity index (χ0v) is 11.9. The molecule has 6 heteroatoms. The Hall–Kier alpha value is -2.21. The van der Waals surface area contributed by atoms with E-state index in [-0.39, 0.29) is 5.88 Å². The van der Waals surface area contributed by atoms with Gasteiger partial charge < -0.3 is 14.6 Å². The van der Waals surface area contributed by atoms with Crippen LogP contribution in [0.25, 0.3) is 0 Å². The first kappa shape index (κ1) is 14.2. The second kappa shape index (κ2) is 5.83. The maximum absolute atomic E-state index is 10.5. The van der Waals surface area contributed by atoms with Gasteiger partial charge in [-0.3, -0.25) is 4.98 Å². The van der Waals surface area contributed by atoms with E-state index < -0.39 is 6.10 Å². The number of aryl methyl sites for hydroxylation is 2. The van der Waals surface area contributed by atoms with Crippen molar-refractivity contribution >= 4 is 0 Å². The fourth-order valence-corrected chi connectivity index (χ4v) is 1.94. The van der Waals surface area contributed by atoms with E-state index in [1.54, 1.807) is 0 Å². The number of hydrogen-bond donors (Lipinski definition) is 1. The minimum atomic E-state index is -0.948. The Kier molecular flexibility index (Phi) is 4.14. The van der Waals surface area contributed by atoms with Crippen LogP contribution in [0.2, 0.25) is 0 Å². The smallest absolute Gasteiger partial charge is 0.241 e. The van der Waals surface area contributed by atoms with Crippen LogP contribution in [-0.4, -0.2) is 34.3 Å². The number of hydrogen-bond acceptors (Lipinski definition) is 6. The van der Waals surface area contributed by atoms with Gasteiger partial charge in [0.2, 0.25) is 11.8 Å². The number of ether oxygens (including phenoxy) is 2. The lowest BCUT2D eigenvalue weighted by Crippen LogP contribution is -2.09. The summed E-state index contributed by atoms with van der Waals surface area (Å²) in [5.41, 5.74) is 2.65. The molecule has 1 unspecified atom stereocenters. The minimum absolute atomic E-state index is 0.233. The molecule has 0 amide bonds. The highest BCUT2D eigenvalue weighted by Gasteiger charge is 2.21. The van der Waals surface area contributed by atoms with E-state index in [2.05, 4.69) is 15.0 Å². The molecule has 2 aromatic heterocycles. The van der Waals surface area contributed by atoms with Gasteiger partial charge in [0.25, 0.3) is 0 Å². The van der Waals surface area contributed by atoms with Crippen LogP contribution in [0, 0.1) is 13.8 Å². The predicted octanol–water partition coefficient (Wildman–Crippen LogP) is 1.59. The molecule has 0 radical (unpaired) electrons. The Bertz CT molecular complexity index is 617. The lowest BCUT2D eigenvalue weighted by molar-refractivity contribution is 0.205. The molecule has 6 nitrogen and oxygen atoms in total. The number of nitrogens with zero attached hydrogens (tertiary/aromatic N) is 3. The summed E-state index contributed by atoms with van der Waals surface area (Å²) in [7, 11) is 2.97. The Morgan fingerprint density at radius 1 is 1.10 bits per heavy atom. The van der Waals surface area contributed by atoms with Gasteiger partial charge in [0.1, 0.15) is 11.8 Å². The Balaban J connectivity index is 2.44. The first-order valence-electron chi connectivity index (χ1n) is 6.14. The van der Waals surface area contributed by atoms with Gasteiger partial charge in [-0.15, -0.1) is 0 Å². The van der Waals surface area contributed by atoms with Gasteiger partial charge in [-0.1, -0.05) is 6.07 Å². The average Bonchev–Trinajstić information content (AvgIpc) is 2.46. The average molecular weight is 275 g/mol. The van der Waals surface area contributed by atoms with Gasteiger partial charge in [0.15, 0.2) is 0 Å². The first-order valence-corrected chi connectivity index (χ1v) is 6.14. The van der Waals surface area contributed by atoms with E-state index >= 15 is 0 Å². The van der Waals surface area contributed by atoms with Crippen molar-refractivity contribution in [2.75, 3.05) is 14.2 Å². The highest BCUT2D eigenvalue weighted by molar-refractivity contribution is 5.35. The summed E-state index contributed by atoms with van der Waals surface area (Å²) in [6.45, 7) is 3.74. The number of aromatic nitrogens is 3. The van der Waals surface area contributed by atoms with Crippen LogP contribution < -0.4 is 9.47 Å². The largest absolute Gasteiger partial charge is 0.480 e. The normalized spacial score (nSPS) is 12.1. The van der Waals surface area contributed by atoms with Gasteiger partial charge in [-0.05, 0) is 19.9 Å². The molecular formula is C14H17N3O3. The molecule has 0 bridgehead atoms. The summed E-state index contributed by atoms with van der Waals surface area (Å²) in [6.07, 6.45) is 0.495. The van der Waals surface area contributed by atoms with E-state index in [1.165, 1.54) is 20.4 Å². The lowest BCUT2D eigenvalue weighted by atomic mass is 10.0. The van der Waals surface area contributed by atoms with Crippen LogP contribution in [0.15, 0.2) is 18.3 Å². The minimum Gasteiger partial charge on any atom is -0.480 e. The molecule has 2 rings (SSSR count). The Morgan fingerprint density at radius 3 is 2.45 bits per heavy atom. The molecule has 0 aromatic carbocycles. The highest BCUT2D eigenvalue weighted by atomic mass is 16.5. The van der Waals surface area contributed by atoms with Crippen LogP contribution in [0.3, 0.4) is 0 Å².